The van der Waals surface area contributed by atoms with Crippen LogP contribution in [0.25, 0.3) is 0 Å². The molecule has 0 spiro atoms. The van der Waals surface area contributed by atoms with Gasteiger partial charge in [-0.15, -0.1) is 0 Å². The number of piperidine rings is 1. The van der Waals surface area contributed by atoms with Gasteiger partial charge in [0.05, 0.1) is 18.5 Å². The number of aliphatic hydroxyl groups is 1. The van der Waals surface area contributed by atoms with Crippen LogP contribution in [0.4, 0.5) is 5.82 Å². The quantitative estimate of drug-likeness (QED) is 0.745. The van der Waals surface area contributed by atoms with Crippen LogP contribution in [-0.2, 0) is 0 Å². The molecule has 1 N–H and O–H groups in total. The second kappa shape index (κ2) is 4.45. The summed E-state index contributed by atoms with van der Waals surface area (Å²) >= 11 is 0. The van der Waals surface area contributed by atoms with Crippen LogP contribution in [0.2, 0.25) is 0 Å². The molecular formula is C11H14N4O. The SMILES string of the molecule is CC1CN(c2cnc(C#N)cn2)CCC1O. The van der Waals surface area contributed by atoms with Crippen LogP contribution in [0.1, 0.15) is 19.0 Å². The standard InChI is InChI=1S/C11H14N4O/c1-8-7-15(3-2-10(8)16)11-6-13-9(4-12)5-14-11/h5-6,8,10,16H,2-3,7H2,1H3. The number of aliphatic hydroxyl groups excluding tert-OH is 1. The molecule has 2 heterocycles. The van der Waals surface area contributed by atoms with Crippen molar-refractivity contribution in [3.05, 3.63) is 18.1 Å². The molecule has 0 aromatic carbocycles. The zero-order chi connectivity index (χ0) is 11.5. The van der Waals surface area contributed by atoms with Crippen molar-refractivity contribution in [3.63, 3.8) is 0 Å². The van der Waals surface area contributed by atoms with Gasteiger partial charge in [-0.25, -0.2) is 9.97 Å². The van der Waals surface area contributed by atoms with E-state index in [0.717, 1.165) is 25.3 Å². The molecule has 0 amide bonds. The number of hydrogen-bond acceptors (Lipinski definition) is 5. The Balaban J connectivity index is 2.10. The summed E-state index contributed by atoms with van der Waals surface area (Å²) < 4.78 is 0. The summed E-state index contributed by atoms with van der Waals surface area (Å²) in [5.41, 5.74) is 0.328. The first kappa shape index (κ1) is 10.8. The molecule has 5 heteroatoms. The highest BCUT2D eigenvalue weighted by atomic mass is 16.3. The predicted octanol–water partition coefficient (Wildman–Crippen LogP) is 0.555. The molecule has 2 atom stereocenters. The monoisotopic (exact) mass is 218 g/mol. The zero-order valence-corrected chi connectivity index (χ0v) is 9.17. The highest BCUT2D eigenvalue weighted by Crippen LogP contribution is 2.20. The van der Waals surface area contributed by atoms with Gasteiger partial charge in [-0.05, 0) is 12.3 Å². The molecule has 0 radical (unpaired) electrons. The number of nitriles is 1. The lowest BCUT2D eigenvalue weighted by Crippen LogP contribution is -2.42. The summed E-state index contributed by atoms with van der Waals surface area (Å²) in [5.74, 6) is 1.02. The van der Waals surface area contributed by atoms with E-state index in [1.807, 2.05) is 13.0 Å². The van der Waals surface area contributed by atoms with Crippen LogP contribution in [0.5, 0.6) is 0 Å². The summed E-state index contributed by atoms with van der Waals surface area (Å²) in [7, 11) is 0. The van der Waals surface area contributed by atoms with Crippen molar-refractivity contribution >= 4 is 5.82 Å². The van der Waals surface area contributed by atoms with Crippen LogP contribution < -0.4 is 4.90 Å². The maximum Gasteiger partial charge on any atom is 0.158 e. The molecule has 1 aromatic rings. The molecule has 5 nitrogen and oxygen atoms in total. The average Bonchev–Trinajstić information content (AvgIpc) is 2.33. The van der Waals surface area contributed by atoms with Gasteiger partial charge in [0.2, 0.25) is 0 Å². The molecule has 1 aliphatic rings. The van der Waals surface area contributed by atoms with Crippen molar-refractivity contribution in [2.24, 2.45) is 5.92 Å². The summed E-state index contributed by atoms with van der Waals surface area (Å²) in [6.45, 7) is 3.59. The zero-order valence-electron chi connectivity index (χ0n) is 9.17. The van der Waals surface area contributed by atoms with Gasteiger partial charge in [-0.1, -0.05) is 6.92 Å². The Morgan fingerprint density at radius 3 is 2.88 bits per heavy atom. The summed E-state index contributed by atoms with van der Waals surface area (Å²) in [6, 6.07) is 1.94. The molecule has 0 saturated carbocycles. The first-order valence-electron chi connectivity index (χ1n) is 5.36. The molecule has 1 saturated heterocycles. The lowest BCUT2D eigenvalue weighted by Gasteiger charge is -2.34. The second-order valence-corrected chi connectivity index (χ2v) is 4.15. The Morgan fingerprint density at radius 1 is 1.50 bits per heavy atom. The smallest absolute Gasteiger partial charge is 0.158 e. The molecule has 0 bridgehead atoms. The largest absolute Gasteiger partial charge is 0.393 e. The molecule has 1 aromatic heterocycles. The Kier molecular flexibility index (Phi) is 3.02. The molecule has 84 valence electrons. The van der Waals surface area contributed by atoms with E-state index < -0.39 is 0 Å². The van der Waals surface area contributed by atoms with E-state index in [-0.39, 0.29) is 12.0 Å². The van der Waals surface area contributed by atoms with Crippen LogP contribution in [0.15, 0.2) is 12.4 Å². The minimum atomic E-state index is -0.220. The van der Waals surface area contributed by atoms with E-state index >= 15 is 0 Å². The van der Waals surface area contributed by atoms with Crippen molar-refractivity contribution in [1.82, 2.24) is 9.97 Å². The number of anilines is 1. The maximum absolute atomic E-state index is 9.62. The van der Waals surface area contributed by atoms with Gasteiger partial charge in [0, 0.05) is 13.1 Å². The van der Waals surface area contributed by atoms with Crippen molar-refractivity contribution < 1.29 is 5.11 Å². The molecule has 16 heavy (non-hydrogen) atoms. The van der Waals surface area contributed by atoms with E-state index in [9.17, 15) is 5.11 Å². The minimum absolute atomic E-state index is 0.220. The van der Waals surface area contributed by atoms with Gasteiger partial charge in [-0.3, -0.25) is 0 Å². The van der Waals surface area contributed by atoms with Crippen molar-refractivity contribution in [2.75, 3.05) is 18.0 Å². The van der Waals surface area contributed by atoms with Crippen molar-refractivity contribution in [1.29, 1.82) is 5.26 Å². The summed E-state index contributed by atoms with van der Waals surface area (Å²) in [5, 5.41) is 18.2. The van der Waals surface area contributed by atoms with Gasteiger partial charge in [0.25, 0.3) is 0 Å². The van der Waals surface area contributed by atoms with Crippen LogP contribution in [-0.4, -0.2) is 34.3 Å². The Morgan fingerprint density at radius 2 is 2.31 bits per heavy atom. The van der Waals surface area contributed by atoms with E-state index in [2.05, 4.69) is 14.9 Å². The Hall–Kier alpha value is -1.67. The van der Waals surface area contributed by atoms with Gasteiger partial charge in [0.15, 0.2) is 5.69 Å². The normalized spacial score (nSPS) is 25.2. The Bertz CT molecular complexity index is 397. The van der Waals surface area contributed by atoms with Gasteiger partial charge in [-0.2, -0.15) is 5.26 Å². The number of hydrogen-bond donors (Lipinski definition) is 1. The number of nitrogens with zero attached hydrogens (tertiary/aromatic N) is 4. The fraction of sp³-hybridized carbons (Fsp3) is 0.545. The molecule has 2 unspecified atom stereocenters. The Labute approximate surface area is 94.4 Å². The number of rotatable bonds is 1. The number of aromatic nitrogens is 2. The first-order valence-corrected chi connectivity index (χ1v) is 5.36. The average molecular weight is 218 g/mol. The van der Waals surface area contributed by atoms with E-state index in [1.165, 1.54) is 6.20 Å². The molecule has 1 aliphatic heterocycles. The van der Waals surface area contributed by atoms with E-state index in [0.29, 0.717) is 5.69 Å². The fourth-order valence-corrected chi connectivity index (χ4v) is 1.88. The van der Waals surface area contributed by atoms with Crippen LogP contribution in [0.3, 0.4) is 0 Å². The third kappa shape index (κ3) is 2.12. The fourth-order valence-electron chi connectivity index (χ4n) is 1.88. The lowest BCUT2D eigenvalue weighted by atomic mass is 9.97. The molecular weight excluding hydrogens is 204 g/mol. The third-order valence-electron chi connectivity index (χ3n) is 2.94. The highest BCUT2D eigenvalue weighted by molar-refractivity contribution is 5.37. The molecule has 0 aliphatic carbocycles. The van der Waals surface area contributed by atoms with Crippen molar-refractivity contribution in [2.45, 2.75) is 19.4 Å². The predicted molar refractivity (Wildman–Crippen MR) is 58.7 cm³/mol. The summed E-state index contributed by atoms with van der Waals surface area (Å²) in [6.07, 6.45) is 3.62. The van der Waals surface area contributed by atoms with E-state index in [4.69, 9.17) is 5.26 Å². The van der Waals surface area contributed by atoms with Gasteiger partial charge in [0.1, 0.15) is 11.9 Å². The lowest BCUT2D eigenvalue weighted by molar-refractivity contribution is 0.0968. The molecule has 1 fully saturated rings. The van der Waals surface area contributed by atoms with Crippen molar-refractivity contribution in [3.8, 4) is 6.07 Å². The first-order chi connectivity index (χ1) is 7.70. The minimum Gasteiger partial charge on any atom is -0.393 e. The van der Waals surface area contributed by atoms with Gasteiger partial charge >= 0.3 is 0 Å². The van der Waals surface area contributed by atoms with Crippen LogP contribution in [0, 0.1) is 17.2 Å². The van der Waals surface area contributed by atoms with E-state index in [1.54, 1.807) is 6.20 Å². The topological polar surface area (TPSA) is 73.0 Å². The van der Waals surface area contributed by atoms with Gasteiger partial charge < -0.3 is 10.0 Å². The second-order valence-electron chi connectivity index (χ2n) is 4.15. The highest BCUT2D eigenvalue weighted by Gasteiger charge is 2.24. The third-order valence-corrected chi connectivity index (χ3v) is 2.94. The maximum atomic E-state index is 9.62. The molecule has 2 rings (SSSR count). The van der Waals surface area contributed by atoms with Crippen LogP contribution >= 0.6 is 0 Å². The summed E-state index contributed by atoms with van der Waals surface area (Å²) in [4.78, 5) is 10.3.